The second-order valence-corrected chi connectivity index (χ2v) is 13.3. The van der Waals surface area contributed by atoms with Crippen LogP contribution in [0, 0.1) is 0 Å². The molecule has 0 aliphatic rings. The molecule has 3 aromatic heterocycles. The van der Waals surface area contributed by atoms with Crippen molar-refractivity contribution < 1.29 is 8.83 Å². The van der Waals surface area contributed by atoms with Gasteiger partial charge >= 0.3 is 0 Å². The summed E-state index contributed by atoms with van der Waals surface area (Å²) >= 11 is 0. The lowest BCUT2D eigenvalue weighted by atomic mass is 10.0. The molecule has 4 nitrogen and oxygen atoms in total. The molecule has 0 saturated carbocycles. The van der Waals surface area contributed by atoms with E-state index in [0.29, 0.717) is 0 Å². The number of nitrogens with zero attached hydrogens (tertiary/aromatic N) is 2. The molecular weight excluding hydrogens is 637 g/mol. The van der Waals surface area contributed by atoms with Crippen LogP contribution >= 0.6 is 0 Å². The van der Waals surface area contributed by atoms with E-state index in [1.807, 2.05) is 24.3 Å². The molecule has 0 radical (unpaired) electrons. The van der Waals surface area contributed by atoms with E-state index in [1.165, 1.54) is 21.8 Å². The Labute approximate surface area is 299 Å². The Morgan fingerprint density at radius 1 is 0.385 bits per heavy atom. The van der Waals surface area contributed by atoms with Crippen LogP contribution in [0.2, 0.25) is 0 Å². The normalized spacial score (nSPS) is 11.8. The Bertz CT molecular complexity index is 3090. The minimum atomic E-state index is 0.842. The molecule has 0 spiro atoms. The van der Waals surface area contributed by atoms with E-state index in [9.17, 15) is 0 Å². The number of furan rings is 2. The van der Waals surface area contributed by atoms with Crippen LogP contribution in [0.25, 0.3) is 82.5 Å². The van der Waals surface area contributed by atoms with Gasteiger partial charge in [0.2, 0.25) is 0 Å². The summed E-state index contributed by atoms with van der Waals surface area (Å²) in [5.41, 5.74) is 12.2. The number of hydrogen-bond acceptors (Lipinski definition) is 3. The first kappa shape index (κ1) is 28.8. The zero-order valence-corrected chi connectivity index (χ0v) is 28.0. The van der Waals surface area contributed by atoms with Gasteiger partial charge in [0, 0.05) is 49.6 Å². The fourth-order valence-electron chi connectivity index (χ4n) is 8.07. The molecule has 0 N–H and O–H groups in total. The lowest BCUT2D eigenvalue weighted by Crippen LogP contribution is -2.10. The minimum absolute atomic E-state index is 0.842. The molecule has 8 aromatic carbocycles. The highest BCUT2D eigenvalue weighted by Gasteiger charge is 2.21. The first-order valence-electron chi connectivity index (χ1n) is 17.6. The van der Waals surface area contributed by atoms with Gasteiger partial charge in [-0.05, 0) is 66.2 Å². The van der Waals surface area contributed by atoms with Gasteiger partial charge in [0.05, 0.1) is 28.1 Å². The smallest absolute Gasteiger partial charge is 0.159 e. The molecule has 11 rings (SSSR count). The second kappa shape index (κ2) is 11.2. The van der Waals surface area contributed by atoms with E-state index in [4.69, 9.17) is 8.83 Å². The largest absolute Gasteiger partial charge is 0.456 e. The Balaban J connectivity index is 1.09. The first-order valence-corrected chi connectivity index (χ1v) is 17.6. The van der Waals surface area contributed by atoms with Crippen molar-refractivity contribution in [3.05, 3.63) is 182 Å². The van der Waals surface area contributed by atoms with Crippen molar-refractivity contribution in [1.82, 2.24) is 4.57 Å². The van der Waals surface area contributed by atoms with E-state index in [2.05, 4.69) is 167 Å². The fourth-order valence-corrected chi connectivity index (χ4v) is 8.07. The van der Waals surface area contributed by atoms with E-state index in [1.54, 1.807) is 0 Å². The Morgan fingerprint density at radius 2 is 0.942 bits per heavy atom. The number of para-hydroxylation sites is 6. The topological polar surface area (TPSA) is 34.5 Å². The van der Waals surface area contributed by atoms with Crippen molar-refractivity contribution in [1.29, 1.82) is 0 Å². The maximum atomic E-state index is 6.60. The van der Waals surface area contributed by atoms with Crippen LogP contribution in [-0.2, 0) is 0 Å². The Kier molecular flexibility index (Phi) is 6.22. The molecule has 0 aliphatic heterocycles. The molecule has 0 amide bonds. The molecule has 0 saturated heterocycles. The summed E-state index contributed by atoms with van der Waals surface area (Å²) in [6.07, 6.45) is 0. The van der Waals surface area contributed by atoms with Crippen LogP contribution in [0.3, 0.4) is 0 Å². The highest BCUT2D eigenvalue weighted by molar-refractivity contribution is 6.12. The van der Waals surface area contributed by atoms with E-state index in [-0.39, 0.29) is 0 Å². The third kappa shape index (κ3) is 4.28. The van der Waals surface area contributed by atoms with Crippen molar-refractivity contribution >= 4 is 82.7 Å². The lowest BCUT2D eigenvalue weighted by Gasteiger charge is -2.26. The molecule has 0 unspecified atom stereocenters. The van der Waals surface area contributed by atoms with Crippen molar-refractivity contribution in [3.8, 4) is 16.8 Å². The van der Waals surface area contributed by atoms with Gasteiger partial charge in [0.15, 0.2) is 5.58 Å². The van der Waals surface area contributed by atoms with Gasteiger partial charge in [0.25, 0.3) is 0 Å². The minimum Gasteiger partial charge on any atom is -0.456 e. The number of fused-ring (bicyclic) bond motifs is 9. The van der Waals surface area contributed by atoms with Crippen molar-refractivity contribution in [2.45, 2.75) is 0 Å². The molecule has 3 heterocycles. The van der Waals surface area contributed by atoms with Gasteiger partial charge in [-0.15, -0.1) is 0 Å². The van der Waals surface area contributed by atoms with E-state index >= 15 is 0 Å². The van der Waals surface area contributed by atoms with Crippen molar-refractivity contribution in [3.63, 3.8) is 0 Å². The third-order valence-electron chi connectivity index (χ3n) is 10.4. The van der Waals surface area contributed by atoms with Gasteiger partial charge in [-0.2, -0.15) is 0 Å². The summed E-state index contributed by atoms with van der Waals surface area (Å²) in [5.74, 6) is 0. The lowest BCUT2D eigenvalue weighted by molar-refractivity contribution is 0.667. The molecule has 0 bridgehead atoms. The molecule has 11 aromatic rings. The summed E-state index contributed by atoms with van der Waals surface area (Å²) in [6.45, 7) is 0. The molecule has 52 heavy (non-hydrogen) atoms. The van der Waals surface area contributed by atoms with Gasteiger partial charge in [-0.1, -0.05) is 115 Å². The van der Waals surface area contributed by atoms with Crippen molar-refractivity contribution in [2.75, 3.05) is 4.90 Å². The summed E-state index contributed by atoms with van der Waals surface area (Å²) in [4.78, 5) is 2.28. The standard InChI is InChI=1S/C48H30N2O2/c1-6-18-41(50-42-19-7-2-13-35(42)36-14-3-8-20-43(36)50)34(12-1)31-24-26-32(27-25-31)49(33-28-29-39-37-15-4-9-22-45(37)51-47(39)30-33)44-21-11-17-40-38-16-5-10-23-46(38)52-48(40)44/h1-30H. The first-order chi connectivity index (χ1) is 25.8. The van der Waals surface area contributed by atoms with Crippen LogP contribution in [0.15, 0.2) is 191 Å². The number of aromatic nitrogens is 1. The fraction of sp³-hybridized carbons (Fsp3) is 0. The van der Waals surface area contributed by atoms with Gasteiger partial charge < -0.3 is 18.3 Å². The zero-order chi connectivity index (χ0) is 34.2. The number of hydrogen-bond donors (Lipinski definition) is 0. The average Bonchev–Trinajstić information content (AvgIpc) is 3.88. The summed E-state index contributed by atoms with van der Waals surface area (Å²) < 4.78 is 15.4. The van der Waals surface area contributed by atoms with E-state index < -0.39 is 0 Å². The Morgan fingerprint density at radius 3 is 1.69 bits per heavy atom. The Hall–Kier alpha value is -7.04. The van der Waals surface area contributed by atoms with Crippen LogP contribution < -0.4 is 4.90 Å². The van der Waals surface area contributed by atoms with Crippen LogP contribution in [-0.4, -0.2) is 4.57 Å². The number of benzene rings is 8. The maximum absolute atomic E-state index is 6.60. The predicted molar refractivity (Wildman–Crippen MR) is 215 cm³/mol. The molecule has 244 valence electrons. The predicted octanol–water partition coefficient (Wildman–Crippen LogP) is 13.7. The molecular formula is C48H30N2O2. The van der Waals surface area contributed by atoms with Crippen LogP contribution in [0.4, 0.5) is 17.1 Å². The highest BCUT2D eigenvalue weighted by Crippen LogP contribution is 2.44. The van der Waals surface area contributed by atoms with Gasteiger partial charge in [-0.3, -0.25) is 0 Å². The average molecular weight is 667 g/mol. The quantitative estimate of drug-likeness (QED) is 0.183. The number of rotatable bonds is 5. The highest BCUT2D eigenvalue weighted by atomic mass is 16.3. The van der Waals surface area contributed by atoms with E-state index in [0.717, 1.165) is 77.8 Å². The van der Waals surface area contributed by atoms with Crippen LogP contribution in [0.1, 0.15) is 0 Å². The van der Waals surface area contributed by atoms with Crippen molar-refractivity contribution in [2.24, 2.45) is 0 Å². The molecule has 0 atom stereocenters. The summed E-state index contributed by atoms with van der Waals surface area (Å²) in [5, 5.41) is 6.89. The summed E-state index contributed by atoms with van der Waals surface area (Å²) in [7, 11) is 0. The third-order valence-corrected chi connectivity index (χ3v) is 10.4. The molecule has 0 aliphatic carbocycles. The van der Waals surface area contributed by atoms with Crippen LogP contribution in [0.5, 0.6) is 0 Å². The zero-order valence-electron chi connectivity index (χ0n) is 28.0. The van der Waals surface area contributed by atoms with Gasteiger partial charge in [-0.25, -0.2) is 0 Å². The summed E-state index contributed by atoms with van der Waals surface area (Å²) in [6, 6.07) is 64.2. The SMILES string of the molecule is c1ccc(-n2c3ccccc3c3ccccc32)c(-c2ccc(N(c3ccc4c(c3)oc3ccccc34)c3cccc4c3oc3ccccc34)cc2)c1. The number of anilines is 3. The monoisotopic (exact) mass is 666 g/mol. The second-order valence-electron chi connectivity index (χ2n) is 13.3. The van der Waals surface area contributed by atoms with Gasteiger partial charge in [0.1, 0.15) is 16.7 Å². The molecule has 4 heteroatoms. The maximum Gasteiger partial charge on any atom is 0.159 e. The molecule has 0 fully saturated rings.